The first kappa shape index (κ1) is 14.4. The molecular weight excluding hydrogens is 270 g/mol. The number of rotatable bonds is 0. The predicted molar refractivity (Wildman–Crippen MR) is 38.5 cm³/mol. The molecule has 0 saturated heterocycles. The van der Waals surface area contributed by atoms with Crippen molar-refractivity contribution in [3.8, 4) is 0 Å². The molecule has 0 aliphatic rings. The normalized spacial score (nSPS) is 8.92. The zero-order chi connectivity index (χ0) is 8.74. The van der Waals surface area contributed by atoms with Crippen LogP contribution >= 0.6 is 7.82 Å². The second kappa shape index (κ2) is 7.53. The van der Waals surface area contributed by atoms with Crippen LogP contribution in [-0.2, 0) is 24.0 Å². The van der Waals surface area contributed by atoms with Crippen molar-refractivity contribution in [2.45, 2.75) is 0 Å². The van der Waals surface area contributed by atoms with E-state index in [2.05, 4.69) is 4.98 Å². The Morgan fingerprint density at radius 3 is 1.42 bits per heavy atom. The quantitative estimate of drug-likeness (QED) is 0.464. The monoisotopic (exact) mass is 279 g/mol. The molecule has 0 fully saturated rings. The van der Waals surface area contributed by atoms with Crippen LogP contribution in [-0.4, -0.2) is 19.7 Å². The molecule has 3 N–H and O–H groups in total. The van der Waals surface area contributed by atoms with Crippen molar-refractivity contribution in [1.82, 2.24) is 4.98 Å². The molecule has 0 aromatic carbocycles. The third-order valence-corrected chi connectivity index (χ3v) is 0.566. The summed E-state index contributed by atoms with van der Waals surface area (Å²) in [6.45, 7) is 0. The van der Waals surface area contributed by atoms with Crippen LogP contribution in [0.4, 0.5) is 0 Å². The molecule has 0 atom stereocenters. The molecule has 0 aliphatic carbocycles. The summed E-state index contributed by atoms with van der Waals surface area (Å²) >= 11 is 0. The molecule has 1 aromatic heterocycles. The first-order chi connectivity index (χ1) is 5.00. The van der Waals surface area contributed by atoms with Crippen molar-refractivity contribution in [3.63, 3.8) is 0 Å². The summed E-state index contributed by atoms with van der Waals surface area (Å²) in [5.41, 5.74) is 0. The van der Waals surface area contributed by atoms with Crippen molar-refractivity contribution in [1.29, 1.82) is 0 Å². The zero-order valence-corrected chi connectivity index (χ0v) is 8.52. The third-order valence-electron chi connectivity index (χ3n) is 0.566. The van der Waals surface area contributed by atoms with Gasteiger partial charge < -0.3 is 14.7 Å². The summed E-state index contributed by atoms with van der Waals surface area (Å²) in [4.78, 5) is 25.3. The summed E-state index contributed by atoms with van der Waals surface area (Å²) in [6.07, 6.45) is 3.50. The summed E-state index contributed by atoms with van der Waals surface area (Å²) in [6, 6.07) is 5.72. The fraction of sp³-hybridized carbons (Fsp3) is 0. The second-order valence-corrected chi connectivity index (χ2v) is 2.56. The Morgan fingerprint density at radius 1 is 1.00 bits per heavy atom. The molecule has 70 valence electrons. The average molecular weight is 278 g/mol. The van der Waals surface area contributed by atoms with Gasteiger partial charge in [-0.1, -0.05) is 6.07 Å². The molecule has 1 rings (SSSR count). The Morgan fingerprint density at radius 2 is 1.33 bits per heavy atom. The summed E-state index contributed by atoms with van der Waals surface area (Å²) in [5.74, 6) is 0. The molecule has 0 amide bonds. The van der Waals surface area contributed by atoms with E-state index in [1.54, 1.807) is 12.4 Å². The van der Waals surface area contributed by atoms with Gasteiger partial charge in [0.1, 0.15) is 0 Å². The van der Waals surface area contributed by atoms with Crippen LogP contribution in [0, 0.1) is 0 Å². The van der Waals surface area contributed by atoms with Gasteiger partial charge in [-0.3, -0.25) is 4.98 Å². The van der Waals surface area contributed by atoms with E-state index in [1.807, 2.05) is 18.2 Å². The second-order valence-electron chi connectivity index (χ2n) is 1.54. The van der Waals surface area contributed by atoms with Crippen LogP contribution in [0.1, 0.15) is 0 Å². The number of pyridine rings is 1. The van der Waals surface area contributed by atoms with Crippen molar-refractivity contribution in [2.75, 3.05) is 0 Å². The number of hydrogen-bond donors (Lipinski definition) is 3. The van der Waals surface area contributed by atoms with E-state index in [0.717, 1.165) is 0 Å². The van der Waals surface area contributed by atoms with Crippen LogP contribution < -0.4 is 0 Å². The Balaban J connectivity index is 0. The van der Waals surface area contributed by atoms with Gasteiger partial charge in [-0.05, 0) is 12.1 Å². The minimum atomic E-state index is -4.64. The van der Waals surface area contributed by atoms with Crippen LogP contribution in [0.2, 0.25) is 0 Å². The number of phosphoric acid groups is 1. The minimum Gasteiger partial charge on any atom is -0.303 e. The summed E-state index contributed by atoms with van der Waals surface area (Å²) in [7, 11) is -4.64. The third kappa shape index (κ3) is 22.5. The first-order valence-electron chi connectivity index (χ1n) is 2.63. The minimum absolute atomic E-state index is 0. The molecule has 0 saturated carbocycles. The van der Waals surface area contributed by atoms with E-state index >= 15 is 0 Å². The van der Waals surface area contributed by atoms with Gasteiger partial charge in [0.05, 0.1) is 0 Å². The van der Waals surface area contributed by atoms with Gasteiger partial charge in [-0.25, -0.2) is 4.57 Å². The number of nitrogens with zero attached hydrogens (tertiary/aromatic N) is 1. The Hall–Kier alpha value is -0.117. The standard InChI is InChI=1S/C5H5N.H3O4P.Ru/c1-2-4-6-5-3-1;1-5(2,3)4;/h1-5H;(H3,1,2,3,4);. The van der Waals surface area contributed by atoms with E-state index in [0.29, 0.717) is 0 Å². The van der Waals surface area contributed by atoms with Crippen LogP contribution in [0.25, 0.3) is 0 Å². The maximum Gasteiger partial charge on any atom is 0.466 e. The van der Waals surface area contributed by atoms with E-state index in [9.17, 15) is 0 Å². The van der Waals surface area contributed by atoms with Gasteiger partial charge in [0.2, 0.25) is 0 Å². The smallest absolute Gasteiger partial charge is 0.303 e. The summed E-state index contributed by atoms with van der Waals surface area (Å²) < 4.78 is 8.88. The maximum absolute atomic E-state index is 8.88. The molecule has 5 nitrogen and oxygen atoms in total. The van der Waals surface area contributed by atoms with Gasteiger partial charge in [-0.2, -0.15) is 0 Å². The molecule has 1 aromatic rings. The Kier molecular flexibility index (Phi) is 9.04. The zero-order valence-electron chi connectivity index (χ0n) is 5.88. The van der Waals surface area contributed by atoms with Gasteiger partial charge in [0.15, 0.2) is 0 Å². The van der Waals surface area contributed by atoms with Gasteiger partial charge >= 0.3 is 7.82 Å². The topological polar surface area (TPSA) is 90.7 Å². The van der Waals surface area contributed by atoms with E-state index < -0.39 is 7.82 Å². The first-order valence-corrected chi connectivity index (χ1v) is 4.20. The number of aromatic nitrogens is 1. The Labute approximate surface area is 82.5 Å². The molecule has 7 heteroatoms. The SMILES string of the molecule is O=P(O)(O)O.[Ru].c1ccncc1. The van der Waals surface area contributed by atoms with Crippen LogP contribution in [0.15, 0.2) is 30.6 Å². The van der Waals surface area contributed by atoms with Gasteiger partial charge in [0.25, 0.3) is 0 Å². The van der Waals surface area contributed by atoms with Gasteiger partial charge in [-0.15, -0.1) is 0 Å². The van der Waals surface area contributed by atoms with Crippen molar-refractivity contribution >= 4 is 7.82 Å². The molecule has 0 aliphatic heterocycles. The molecule has 0 bridgehead atoms. The Bertz CT molecular complexity index is 191. The van der Waals surface area contributed by atoms with Crippen molar-refractivity contribution in [2.24, 2.45) is 0 Å². The molecule has 0 radical (unpaired) electrons. The van der Waals surface area contributed by atoms with Crippen molar-refractivity contribution < 1.29 is 38.7 Å². The number of hydrogen-bond acceptors (Lipinski definition) is 2. The maximum atomic E-state index is 8.88. The fourth-order valence-corrected chi connectivity index (χ4v) is 0.313. The summed E-state index contributed by atoms with van der Waals surface area (Å²) in [5, 5.41) is 0. The van der Waals surface area contributed by atoms with E-state index in [-0.39, 0.29) is 19.5 Å². The molecule has 0 spiro atoms. The van der Waals surface area contributed by atoms with E-state index in [1.165, 1.54) is 0 Å². The molecule has 1 heterocycles. The van der Waals surface area contributed by atoms with Crippen LogP contribution in [0.3, 0.4) is 0 Å². The van der Waals surface area contributed by atoms with E-state index in [4.69, 9.17) is 19.2 Å². The predicted octanol–water partition coefficient (Wildman–Crippen LogP) is 0.150. The molecular formula is C5H8NO4PRu. The molecule has 0 unspecified atom stereocenters. The average Bonchev–Trinajstić information content (AvgIpc) is 1.88. The van der Waals surface area contributed by atoms with Crippen molar-refractivity contribution in [3.05, 3.63) is 30.6 Å². The van der Waals surface area contributed by atoms with Gasteiger partial charge in [0, 0.05) is 31.9 Å². The van der Waals surface area contributed by atoms with Crippen LogP contribution in [0.5, 0.6) is 0 Å². The fourth-order valence-electron chi connectivity index (χ4n) is 0.313. The largest absolute Gasteiger partial charge is 0.466 e. The molecule has 12 heavy (non-hydrogen) atoms.